The van der Waals surface area contributed by atoms with Gasteiger partial charge in [-0.3, -0.25) is 4.79 Å². The lowest BCUT2D eigenvalue weighted by Crippen LogP contribution is -2.57. The predicted octanol–water partition coefficient (Wildman–Crippen LogP) is 5.59. The smallest absolute Gasteiger partial charge is 0.396 e. The summed E-state index contributed by atoms with van der Waals surface area (Å²) in [6.07, 6.45) is -8.59. The number of aldehydes is 1. The van der Waals surface area contributed by atoms with E-state index in [4.69, 9.17) is 0 Å². The van der Waals surface area contributed by atoms with Crippen LogP contribution in [0.15, 0.2) is 42.5 Å². The van der Waals surface area contributed by atoms with E-state index in [1.54, 1.807) is 11.0 Å². The van der Waals surface area contributed by atoms with Crippen molar-refractivity contribution in [1.82, 2.24) is 14.7 Å². The van der Waals surface area contributed by atoms with E-state index in [-0.39, 0.29) is 62.9 Å². The zero-order chi connectivity index (χ0) is 31.7. The Morgan fingerprint density at radius 3 is 2.23 bits per heavy atom. The third-order valence-corrected chi connectivity index (χ3v) is 8.47. The second-order valence-electron chi connectivity index (χ2n) is 11.3. The van der Waals surface area contributed by atoms with Gasteiger partial charge in [-0.2, -0.15) is 26.3 Å². The van der Waals surface area contributed by atoms with Crippen LogP contribution in [-0.4, -0.2) is 70.8 Å². The number of piperazine rings is 1. The highest BCUT2D eigenvalue weighted by Gasteiger charge is 2.56. The Kier molecular flexibility index (Phi) is 9.15. The fourth-order valence-corrected chi connectivity index (χ4v) is 6.44. The summed E-state index contributed by atoms with van der Waals surface area (Å²) < 4.78 is 80.6. The van der Waals surface area contributed by atoms with Crippen LogP contribution in [0.3, 0.4) is 0 Å². The van der Waals surface area contributed by atoms with Crippen molar-refractivity contribution in [2.75, 3.05) is 26.7 Å². The Balaban J connectivity index is 1.70. The van der Waals surface area contributed by atoms with Gasteiger partial charge >= 0.3 is 18.4 Å². The quantitative estimate of drug-likeness (QED) is 0.311. The van der Waals surface area contributed by atoms with Crippen LogP contribution in [0.5, 0.6) is 0 Å². The SMILES string of the molecule is Cc1ccccc1C1C2CC(CCO)(CCC=O)C(=O)N2CCN1C(=O)N(C)Cc1cc(C(F)(F)F)cc(C(F)(F)F)c1. The van der Waals surface area contributed by atoms with Gasteiger partial charge in [0.2, 0.25) is 5.91 Å². The molecule has 7 nitrogen and oxygen atoms in total. The first-order valence-electron chi connectivity index (χ1n) is 13.8. The van der Waals surface area contributed by atoms with E-state index in [0.29, 0.717) is 18.4 Å². The summed E-state index contributed by atoms with van der Waals surface area (Å²) in [6, 6.07) is 6.64. The van der Waals surface area contributed by atoms with Crippen molar-refractivity contribution < 1.29 is 45.8 Å². The van der Waals surface area contributed by atoms with Crippen LogP contribution in [-0.2, 0) is 28.5 Å². The summed E-state index contributed by atoms with van der Waals surface area (Å²) in [5.41, 5.74) is -2.72. The largest absolute Gasteiger partial charge is 0.416 e. The maximum atomic E-state index is 13.9. The zero-order valence-corrected chi connectivity index (χ0v) is 23.7. The third kappa shape index (κ3) is 6.51. The third-order valence-electron chi connectivity index (χ3n) is 8.47. The lowest BCUT2D eigenvalue weighted by atomic mass is 9.76. The molecule has 13 heteroatoms. The van der Waals surface area contributed by atoms with Gasteiger partial charge in [-0.05, 0) is 61.1 Å². The molecule has 4 rings (SSSR count). The van der Waals surface area contributed by atoms with Crippen molar-refractivity contribution in [2.24, 2.45) is 5.41 Å². The molecule has 234 valence electrons. The van der Waals surface area contributed by atoms with Crippen molar-refractivity contribution in [3.63, 3.8) is 0 Å². The minimum absolute atomic E-state index is 0.0408. The van der Waals surface area contributed by atoms with E-state index in [9.17, 15) is 45.8 Å². The van der Waals surface area contributed by atoms with E-state index in [1.807, 2.05) is 25.1 Å². The number of urea groups is 1. The summed E-state index contributed by atoms with van der Waals surface area (Å²) in [4.78, 5) is 43.1. The second-order valence-corrected chi connectivity index (χ2v) is 11.3. The molecule has 1 N–H and O–H groups in total. The molecule has 0 saturated carbocycles. The van der Waals surface area contributed by atoms with E-state index in [1.165, 1.54) is 11.9 Å². The molecule has 0 radical (unpaired) electrons. The van der Waals surface area contributed by atoms with Gasteiger partial charge in [-0.15, -0.1) is 0 Å². The average molecular weight is 614 g/mol. The molecule has 0 spiro atoms. The number of carbonyl (C=O) groups excluding carboxylic acids is 3. The summed E-state index contributed by atoms with van der Waals surface area (Å²) in [7, 11) is 1.30. The molecule has 2 aliphatic rings. The van der Waals surface area contributed by atoms with E-state index < -0.39 is 53.6 Å². The van der Waals surface area contributed by atoms with Crippen LogP contribution >= 0.6 is 0 Å². The van der Waals surface area contributed by atoms with Crippen LogP contribution < -0.4 is 0 Å². The van der Waals surface area contributed by atoms with Gasteiger partial charge in [0.05, 0.1) is 28.6 Å². The highest BCUT2D eigenvalue weighted by atomic mass is 19.4. The zero-order valence-electron chi connectivity index (χ0n) is 23.7. The van der Waals surface area contributed by atoms with Crippen LogP contribution in [0.2, 0.25) is 0 Å². The summed E-state index contributed by atoms with van der Waals surface area (Å²) in [5.74, 6) is -0.212. The molecule has 2 saturated heterocycles. The summed E-state index contributed by atoms with van der Waals surface area (Å²) in [6.45, 7) is 1.24. The summed E-state index contributed by atoms with van der Waals surface area (Å²) >= 11 is 0. The van der Waals surface area contributed by atoms with Crippen molar-refractivity contribution in [3.8, 4) is 0 Å². The second kappa shape index (κ2) is 12.2. The van der Waals surface area contributed by atoms with Gasteiger partial charge in [0.25, 0.3) is 0 Å². The molecule has 2 aromatic rings. The number of halogens is 6. The van der Waals surface area contributed by atoms with E-state index >= 15 is 0 Å². The van der Waals surface area contributed by atoms with Crippen LogP contribution in [0, 0.1) is 12.3 Å². The van der Waals surface area contributed by atoms with Crippen LogP contribution in [0.4, 0.5) is 31.1 Å². The van der Waals surface area contributed by atoms with Crippen molar-refractivity contribution >= 4 is 18.2 Å². The van der Waals surface area contributed by atoms with Gasteiger partial charge in [-0.25, -0.2) is 4.79 Å². The first-order valence-corrected chi connectivity index (χ1v) is 13.8. The lowest BCUT2D eigenvalue weighted by Gasteiger charge is -2.46. The fraction of sp³-hybridized carbons (Fsp3) is 0.500. The minimum Gasteiger partial charge on any atom is -0.396 e. The molecule has 2 aliphatic heterocycles. The molecule has 0 aromatic heterocycles. The summed E-state index contributed by atoms with van der Waals surface area (Å²) in [5, 5.41) is 9.79. The number of aliphatic hydroxyl groups is 1. The molecule has 2 aromatic carbocycles. The molecular weight excluding hydrogens is 580 g/mol. The highest BCUT2D eigenvalue weighted by molar-refractivity contribution is 5.87. The first-order chi connectivity index (χ1) is 20.1. The molecule has 3 atom stereocenters. The van der Waals surface area contributed by atoms with Crippen molar-refractivity contribution in [1.29, 1.82) is 0 Å². The molecule has 3 amide bonds. The van der Waals surface area contributed by atoms with E-state index in [0.717, 1.165) is 16.0 Å². The number of hydrogen-bond acceptors (Lipinski definition) is 4. The topological polar surface area (TPSA) is 81.2 Å². The van der Waals surface area contributed by atoms with Gasteiger partial charge < -0.3 is 24.6 Å². The number of fused-ring (bicyclic) bond motifs is 1. The van der Waals surface area contributed by atoms with Gasteiger partial charge in [0.15, 0.2) is 0 Å². The fourth-order valence-electron chi connectivity index (χ4n) is 6.44. The average Bonchev–Trinajstić information content (AvgIpc) is 3.21. The molecule has 0 aliphatic carbocycles. The van der Waals surface area contributed by atoms with Gasteiger partial charge in [-0.1, -0.05) is 24.3 Å². The number of amides is 3. The number of hydrogen-bond donors (Lipinski definition) is 1. The first kappa shape index (κ1) is 32.3. The standard InChI is InChI=1S/C30H33F6N3O4/c1-19-6-3-4-7-23(19)25-24-17-28(9-13-41,8-5-12-40)26(42)38(24)10-11-39(25)27(43)37(2)18-20-14-21(29(31,32)33)16-22(15-20)30(34,35)36/h3-4,6-7,12,14-16,24-25,41H,5,8-11,13,17-18H2,1-2H3. The van der Waals surface area contributed by atoms with Crippen LogP contribution in [0.1, 0.15) is 59.5 Å². The van der Waals surface area contributed by atoms with Gasteiger partial charge in [0, 0.05) is 39.7 Å². The minimum atomic E-state index is -5.02. The van der Waals surface area contributed by atoms with Crippen molar-refractivity contribution in [3.05, 3.63) is 70.3 Å². The maximum Gasteiger partial charge on any atom is 0.416 e. The predicted molar refractivity (Wildman–Crippen MR) is 143 cm³/mol. The Morgan fingerprint density at radius 1 is 1.05 bits per heavy atom. The number of nitrogens with zero attached hydrogens (tertiary/aromatic N) is 3. The molecule has 43 heavy (non-hydrogen) atoms. The molecule has 3 unspecified atom stereocenters. The van der Waals surface area contributed by atoms with Crippen molar-refractivity contribution in [2.45, 2.75) is 63.6 Å². The lowest BCUT2D eigenvalue weighted by molar-refractivity contribution is -0.143. The Hall–Kier alpha value is -3.61. The van der Waals surface area contributed by atoms with Crippen LogP contribution in [0.25, 0.3) is 0 Å². The molecule has 0 bridgehead atoms. The number of alkyl halides is 6. The Morgan fingerprint density at radius 2 is 1.67 bits per heavy atom. The number of aryl methyl sites for hydroxylation is 1. The van der Waals surface area contributed by atoms with Gasteiger partial charge in [0.1, 0.15) is 6.29 Å². The maximum absolute atomic E-state index is 13.9. The number of aliphatic hydroxyl groups excluding tert-OH is 1. The highest BCUT2D eigenvalue weighted by Crippen LogP contribution is 2.49. The Bertz CT molecular complexity index is 1330. The Labute approximate surface area is 245 Å². The molecule has 2 heterocycles. The number of benzene rings is 2. The number of carbonyl (C=O) groups is 3. The normalized spacial score (nSPS) is 22.5. The number of rotatable bonds is 8. The molecule has 2 fully saturated rings. The van der Waals surface area contributed by atoms with E-state index in [2.05, 4.69) is 0 Å². The monoisotopic (exact) mass is 613 g/mol. The molecular formula is C30H33F6N3O4.